The molecule has 0 saturated heterocycles. The Bertz CT molecular complexity index is 312. The van der Waals surface area contributed by atoms with Gasteiger partial charge in [0.25, 0.3) is 0 Å². The first-order chi connectivity index (χ1) is 6.29. The predicted octanol–water partition coefficient (Wildman–Crippen LogP) is 2.40. The fourth-order valence-electron chi connectivity index (χ4n) is 1.49. The van der Waals surface area contributed by atoms with Gasteiger partial charge in [-0.25, -0.2) is 0 Å². The summed E-state index contributed by atoms with van der Waals surface area (Å²) in [5.41, 5.74) is 1.22. The molecule has 0 N–H and O–H groups in total. The van der Waals surface area contributed by atoms with Gasteiger partial charge in [0.2, 0.25) is 0 Å². The van der Waals surface area contributed by atoms with E-state index in [4.69, 9.17) is 9.47 Å². The van der Waals surface area contributed by atoms with Crippen molar-refractivity contribution in [3.05, 3.63) is 28.2 Å². The summed E-state index contributed by atoms with van der Waals surface area (Å²) in [6.07, 6.45) is 1.13. The molecule has 2 nitrogen and oxygen atoms in total. The van der Waals surface area contributed by atoms with Crippen molar-refractivity contribution in [2.75, 3.05) is 13.7 Å². The van der Waals surface area contributed by atoms with Gasteiger partial charge in [-0.05, 0) is 23.8 Å². The Balaban J connectivity index is 2.27. The van der Waals surface area contributed by atoms with Crippen LogP contribution in [0.25, 0.3) is 0 Å². The summed E-state index contributed by atoms with van der Waals surface area (Å²) in [5, 5.41) is 0. The molecule has 0 spiro atoms. The van der Waals surface area contributed by atoms with Crippen LogP contribution in [0, 0.1) is 0 Å². The molecular weight excluding hydrogens is 232 g/mol. The number of rotatable bonds is 1. The lowest BCUT2D eigenvalue weighted by atomic mass is 10.0. The smallest absolute Gasteiger partial charge is 0.122 e. The third-order valence-corrected chi connectivity index (χ3v) is 2.72. The standard InChI is InChI=1S/C10H11BrO2/c1-12-9-5-7-4-8(11)2-3-10(7)13-6-9/h2-4,9H,5-6H2,1H3. The predicted molar refractivity (Wildman–Crippen MR) is 54.1 cm³/mol. The molecule has 70 valence electrons. The van der Waals surface area contributed by atoms with Crippen molar-refractivity contribution in [3.63, 3.8) is 0 Å². The number of methoxy groups -OCH3 is 1. The first kappa shape index (κ1) is 9.03. The zero-order chi connectivity index (χ0) is 9.26. The summed E-state index contributed by atoms with van der Waals surface area (Å²) in [5.74, 6) is 0.983. The van der Waals surface area contributed by atoms with Crippen LogP contribution in [0.15, 0.2) is 22.7 Å². The van der Waals surface area contributed by atoms with Gasteiger partial charge < -0.3 is 9.47 Å². The van der Waals surface area contributed by atoms with E-state index in [1.807, 2.05) is 12.1 Å². The van der Waals surface area contributed by atoms with Gasteiger partial charge in [-0.3, -0.25) is 0 Å². The Morgan fingerprint density at radius 3 is 3.15 bits per heavy atom. The van der Waals surface area contributed by atoms with Crippen LogP contribution in [-0.4, -0.2) is 19.8 Å². The molecule has 0 bridgehead atoms. The van der Waals surface area contributed by atoms with Crippen molar-refractivity contribution in [2.24, 2.45) is 0 Å². The molecule has 0 radical (unpaired) electrons. The summed E-state index contributed by atoms with van der Waals surface area (Å²) < 4.78 is 11.9. The molecule has 0 saturated carbocycles. The summed E-state index contributed by atoms with van der Waals surface area (Å²) >= 11 is 3.44. The quantitative estimate of drug-likeness (QED) is 0.754. The van der Waals surface area contributed by atoms with Crippen LogP contribution >= 0.6 is 15.9 Å². The van der Waals surface area contributed by atoms with Gasteiger partial charge in [0.05, 0.1) is 6.10 Å². The maximum Gasteiger partial charge on any atom is 0.122 e. The van der Waals surface area contributed by atoms with Crippen LogP contribution < -0.4 is 4.74 Å². The fraction of sp³-hybridized carbons (Fsp3) is 0.400. The fourth-order valence-corrected chi connectivity index (χ4v) is 1.90. The van der Waals surface area contributed by atoms with Gasteiger partial charge in [-0.2, -0.15) is 0 Å². The van der Waals surface area contributed by atoms with E-state index < -0.39 is 0 Å². The van der Waals surface area contributed by atoms with E-state index in [-0.39, 0.29) is 6.10 Å². The number of benzene rings is 1. The topological polar surface area (TPSA) is 18.5 Å². The largest absolute Gasteiger partial charge is 0.491 e. The molecule has 13 heavy (non-hydrogen) atoms. The van der Waals surface area contributed by atoms with E-state index in [2.05, 4.69) is 22.0 Å². The second kappa shape index (κ2) is 3.68. The van der Waals surface area contributed by atoms with Crippen molar-refractivity contribution >= 4 is 15.9 Å². The molecule has 1 aliphatic rings. The lowest BCUT2D eigenvalue weighted by molar-refractivity contribution is 0.0467. The highest BCUT2D eigenvalue weighted by Gasteiger charge is 2.18. The van der Waals surface area contributed by atoms with Gasteiger partial charge in [-0.15, -0.1) is 0 Å². The monoisotopic (exact) mass is 242 g/mol. The minimum Gasteiger partial charge on any atom is -0.491 e. The average molecular weight is 243 g/mol. The summed E-state index contributed by atoms with van der Waals surface area (Å²) in [6, 6.07) is 6.07. The van der Waals surface area contributed by atoms with Gasteiger partial charge >= 0.3 is 0 Å². The number of hydrogen-bond acceptors (Lipinski definition) is 2. The first-order valence-electron chi connectivity index (χ1n) is 4.23. The van der Waals surface area contributed by atoms with Crippen LogP contribution in [0.1, 0.15) is 5.56 Å². The lowest BCUT2D eigenvalue weighted by Gasteiger charge is -2.24. The molecule has 1 atom stereocenters. The number of hydrogen-bond donors (Lipinski definition) is 0. The molecule has 1 aliphatic heterocycles. The highest BCUT2D eigenvalue weighted by Crippen LogP contribution is 2.28. The van der Waals surface area contributed by atoms with Gasteiger partial charge in [0, 0.05) is 18.0 Å². The summed E-state index contributed by atoms with van der Waals surface area (Å²) in [6.45, 7) is 0.658. The Kier molecular flexibility index (Phi) is 2.56. The minimum absolute atomic E-state index is 0.196. The van der Waals surface area contributed by atoms with Gasteiger partial charge in [-0.1, -0.05) is 15.9 Å². The summed E-state index contributed by atoms with van der Waals surface area (Å²) in [4.78, 5) is 0. The van der Waals surface area contributed by atoms with Crippen molar-refractivity contribution in [1.29, 1.82) is 0 Å². The zero-order valence-corrected chi connectivity index (χ0v) is 9.00. The van der Waals surface area contributed by atoms with E-state index in [0.717, 1.165) is 16.6 Å². The molecular formula is C10H11BrO2. The second-order valence-corrected chi connectivity index (χ2v) is 4.04. The molecule has 1 aromatic carbocycles. The molecule has 0 aliphatic carbocycles. The molecule has 1 aromatic rings. The highest BCUT2D eigenvalue weighted by molar-refractivity contribution is 9.10. The third kappa shape index (κ3) is 1.86. The average Bonchev–Trinajstić information content (AvgIpc) is 2.16. The zero-order valence-electron chi connectivity index (χ0n) is 7.42. The van der Waals surface area contributed by atoms with Crippen molar-refractivity contribution < 1.29 is 9.47 Å². The van der Waals surface area contributed by atoms with E-state index in [9.17, 15) is 0 Å². The normalized spacial score (nSPS) is 20.6. The van der Waals surface area contributed by atoms with Crippen molar-refractivity contribution in [1.82, 2.24) is 0 Å². The van der Waals surface area contributed by atoms with E-state index in [1.165, 1.54) is 5.56 Å². The number of ether oxygens (including phenoxy) is 2. The molecule has 0 fully saturated rings. The van der Waals surface area contributed by atoms with E-state index in [1.54, 1.807) is 7.11 Å². The van der Waals surface area contributed by atoms with Crippen LogP contribution in [0.3, 0.4) is 0 Å². The SMILES string of the molecule is COC1COc2ccc(Br)cc2C1. The molecule has 3 heteroatoms. The first-order valence-corrected chi connectivity index (χ1v) is 5.03. The van der Waals surface area contributed by atoms with Gasteiger partial charge in [0.1, 0.15) is 12.4 Å². The highest BCUT2D eigenvalue weighted by atomic mass is 79.9. The lowest BCUT2D eigenvalue weighted by Crippen LogP contribution is -2.27. The Morgan fingerprint density at radius 1 is 1.54 bits per heavy atom. The van der Waals surface area contributed by atoms with Crippen LogP contribution in [0.2, 0.25) is 0 Å². The Labute approximate surface area is 86.0 Å². The van der Waals surface area contributed by atoms with Crippen LogP contribution in [0.4, 0.5) is 0 Å². The van der Waals surface area contributed by atoms with Crippen molar-refractivity contribution in [3.8, 4) is 5.75 Å². The third-order valence-electron chi connectivity index (χ3n) is 2.23. The molecule has 0 amide bonds. The molecule has 1 heterocycles. The number of fused-ring (bicyclic) bond motifs is 1. The Morgan fingerprint density at radius 2 is 2.38 bits per heavy atom. The molecule has 0 aromatic heterocycles. The maximum atomic E-state index is 5.54. The number of halogens is 1. The van der Waals surface area contributed by atoms with Gasteiger partial charge in [0.15, 0.2) is 0 Å². The van der Waals surface area contributed by atoms with E-state index in [0.29, 0.717) is 6.61 Å². The van der Waals surface area contributed by atoms with Crippen LogP contribution in [0.5, 0.6) is 5.75 Å². The van der Waals surface area contributed by atoms with Crippen LogP contribution in [-0.2, 0) is 11.2 Å². The Hall–Kier alpha value is -0.540. The van der Waals surface area contributed by atoms with E-state index >= 15 is 0 Å². The summed E-state index contributed by atoms with van der Waals surface area (Å²) in [7, 11) is 1.72. The second-order valence-electron chi connectivity index (χ2n) is 3.12. The minimum atomic E-state index is 0.196. The molecule has 1 unspecified atom stereocenters. The maximum absolute atomic E-state index is 5.54. The molecule has 2 rings (SSSR count). The van der Waals surface area contributed by atoms with Crippen molar-refractivity contribution in [2.45, 2.75) is 12.5 Å².